The van der Waals surface area contributed by atoms with Gasteiger partial charge < -0.3 is 24.1 Å². The summed E-state index contributed by atoms with van der Waals surface area (Å²) in [5.74, 6) is 0. The fraction of sp³-hybridized carbons (Fsp3) is 1.00. The van der Waals surface area contributed by atoms with E-state index in [0.717, 1.165) is 0 Å². The van der Waals surface area contributed by atoms with Gasteiger partial charge in [0.05, 0.1) is 39.6 Å². The van der Waals surface area contributed by atoms with Crippen LogP contribution in [0.25, 0.3) is 0 Å². The Morgan fingerprint density at radius 3 is 2.00 bits per heavy atom. The van der Waals surface area contributed by atoms with Gasteiger partial charge in [-0.1, -0.05) is 6.92 Å². The first-order valence-corrected chi connectivity index (χ1v) is 5.25. The lowest BCUT2D eigenvalue weighted by Crippen LogP contribution is -2.16. The summed E-state index contributed by atoms with van der Waals surface area (Å²) in [5.41, 5.74) is 0. The Morgan fingerprint density at radius 2 is 1.47 bits per heavy atom. The van der Waals surface area contributed by atoms with E-state index < -0.39 is 6.29 Å². The molecule has 0 amide bonds. The largest absolute Gasteiger partial charge is 0.382 e. The van der Waals surface area contributed by atoms with Crippen molar-refractivity contribution < 1.29 is 24.1 Å². The minimum atomic E-state index is -0.674. The molecule has 0 heterocycles. The molecule has 0 aliphatic carbocycles. The topological polar surface area (TPSA) is 57.2 Å². The molecular formula is C10H22O5. The minimum absolute atomic E-state index is 0.410. The first kappa shape index (κ1) is 14.8. The van der Waals surface area contributed by atoms with Crippen molar-refractivity contribution in [3.63, 3.8) is 0 Å². The van der Waals surface area contributed by atoms with E-state index in [1.54, 1.807) is 7.11 Å². The van der Waals surface area contributed by atoms with Gasteiger partial charge in [0.2, 0.25) is 0 Å². The monoisotopic (exact) mass is 222 g/mol. The Kier molecular flexibility index (Phi) is 11.7. The van der Waals surface area contributed by atoms with E-state index >= 15 is 0 Å². The second-order valence-corrected chi connectivity index (χ2v) is 2.95. The second-order valence-electron chi connectivity index (χ2n) is 2.95. The number of hydrogen-bond donors (Lipinski definition) is 1. The fourth-order valence-corrected chi connectivity index (χ4v) is 0.825. The van der Waals surface area contributed by atoms with E-state index in [1.165, 1.54) is 0 Å². The van der Waals surface area contributed by atoms with E-state index in [4.69, 9.17) is 24.1 Å². The van der Waals surface area contributed by atoms with Gasteiger partial charge in [0, 0.05) is 7.11 Å². The highest BCUT2D eigenvalue weighted by Gasteiger charge is 1.98. The van der Waals surface area contributed by atoms with E-state index in [1.807, 2.05) is 6.92 Å². The zero-order valence-corrected chi connectivity index (χ0v) is 9.61. The molecule has 0 aromatic heterocycles. The van der Waals surface area contributed by atoms with Crippen LogP contribution >= 0.6 is 0 Å². The molecule has 5 heteroatoms. The molecule has 0 fully saturated rings. The van der Waals surface area contributed by atoms with E-state index in [0.29, 0.717) is 46.1 Å². The van der Waals surface area contributed by atoms with Crippen molar-refractivity contribution in [2.45, 2.75) is 19.6 Å². The van der Waals surface area contributed by atoms with Crippen molar-refractivity contribution in [1.82, 2.24) is 0 Å². The number of methoxy groups -OCH3 is 1. The highest BCUT2D eigenvalue weighted by atomic mass is 16.6. The van der Waals surface area contributed by atoms with E-state index in [-0.39, 0.29) is 0 Å². The Balaban J connectivity index is 2.92. The van der Waals surface area contributed by atoms with Crippen molar-refractivity contribution in [2.75, 3.05) is 46.8 Å². The highest BCUT2D eigenvalue weighted by Crippen LogP contribution is 1.91. The lowest BCUT2D eigenvalue weighted by Gasteiger charge is -2.09. The number of aliphatic hydroxyl groups is 1. The van der Waals surface area contributed by atoms with Gasteiger partial charge in [-0.3, -0.25) is 0 Å². The molecule has 0 saturated carbocycles. The van der Waals surface area contributed by atoms with Gasteiger partial charge in [-0.2, -0.15) is 0 Å². The van der Waals surface area contributed by atoms with Gasteiger partial charge in [-0.05, 0) is 6.42 Å². The second kappa shape index (κ2) is 11.9. The van der Waals surface area contributed by atoms with Gasteiger partial charge in [0.1, 0.15) is 0 Å². The lowest BCUT2D eigenvalue weighted by molar-refractivity contribution is -0.114. The molecular weight excluding hydrogens is 200 g/mol. The maximum Gasteiger partial charge on any atom is 0.154 e. The van der Waals surface area contributed by atoms with Crippen LogP contribution in [0.1, 0.15) is 13.3 Å². The van der Waals surface area contributed by atoms with Crippen LogP contribution in [0.4, 0.5) is 0 Å². The Hall–Kier alpha value is -0.200. The molecule has 0 rings (SSSR count). The van der Waals surface area contributed by atoms with Crippen LogP contribution in [0.5, 0.6) is 0 Å². The summed E-state index contributed by atoms with van der Waals surface area (Å²) in [5, 5.41) is 9.04. The van der Waals surface area contributed by atoms with Gasteiger partial charge in [0.15, 0.2) is 6.29 Å². The molecule has 0 radical (unpaired) electrons. The first-order valence-electron chi connectivity index (χ1n) is 5.25. The van der Waals surface area contributed by atoms with Gasteiger partial charge in [-0.15, -0.1) is 0 Å². The third-order valence-corrected chi connectivity index (χ3v) is 1.69. The zero-order valence-electron chi connectivity index (χ0n) is 9.61. The molecule has 0 aromatic rings. The molecule has 15 heavy (non-hydrogen) atoms. The summed E-state index contributed by atoms with van der Waals surface area (Å²) in [6, 6.07) is 0. The van der Waals surface area contributed by atoms with E-state index in [2.05, 4.69) is 0 Å². The lowest BCUT2D eigenvalue weighted by atomic mass is 10.5. The molecule has 1 atom stereocenters. The number of hydrogen-bond acceptors (Lipinski definition) is 5. The molecule has 0 aromatic carbocycles. The van der Waals surface area contributed by atoms with Crippen LogP contribution in [0.2, 0.25) is 0 Å². The van der Waals surface area contributed by atoms with Gasteiger partial charge >= 0.3 is 0 Å². The Labute approximate surface area is 91.3 Å². The SMILES string of the molecule is CCC(O)OCCOCCOCCOC. The predicted molar refractivity (Wildman–Crippen MR) is 55.8 cm³/mol. The van der Waals surface area contributed by atoms with Crippen LogP contribution in [-0.4, -0.2) is 58.1 Å². The molecule has 5 nitrogen and oxygen atoms in total. The summed E-state index contributed by atoms with van der Waals surface area (Å²) in [7, 11) is 1.64. The quantitative estimate of drug-likeness (QED) is 0.405. The molecule has 1 unspecified atom stereocenters. The van der Waals surface area contributed by atoms with E-state index in [9.17, 15) is 0 Å². The number of ether oxygens (including phenoxy) is 4. The van der Waals surface area contributed by atoms with Crippen LogP contribution < -0.4 is 0 Å². The van der Waals surface area contributed by atoms with Crippen molar-refractivity contribution >= 4 is 0 Å². The van der Waals surface area contributed by atoms with Crippen LogP contribution in [-0.2, 0) is 18.9 Å². The number of rotatable bonds is 11. The maximum atomic E-state index is 9.04. The van der Waals surface area contributed by atoms with Crippen molar-refractivity contribution in [3.8, 4) is 0 Å². The summed E-state index contributed by atoms with van der Waals surface area (Å²) >= 11 is 0. The number of aliphatic hydroxyl groups excluding tert-OH is 1. The summed E-state index contributed by atoms with van der Waals surface area (Å²) < 4.78 is 20.2. The van der Waals surface area contributed by atoms with Crippen molar-refractivity contribution in [3.05, 3.63) is 0 Å². The standard InChI is InChI=1S/C10H22O5/c1-3-10(11)15-9-8-14-7-6-13-5-4-12-2/h10-11H,3-9H2,1-2H3. The van der Waals surface area contributed by atoms with Crippen molar-refractivity contribution in [2.24, 2.45) is 0 Å². The molecule has 0 spiro atoms. The van der Waals surface area contributed by atoms with Crippen LogP contribution in [0.3, 0.4) is 0 Å². The highest BCUT2D eigenvalue weighted by molar-refractivity contribution is 4.36. The van der Waals surface area contributed by atoms with Gasteiger partial charge in [0.25, 0.3) is 0 Å². The predicted octanol–water partition coefficient (Wildman–Crippen LogP) is 0.411. The molecule has 0 aliphatic heterocycles. The van der Waals surface area contributed by atoms with Gasteiger partial charge in [-0.25, -0.2) is 0 Å². The third kappa shape index (κ3) is 11.7. The normalized spacial score (nSPS) is 13.0. The van der Waals surface area contributed by atoms with Crippen molar-refractivity contribution in [1.29, 1.82) is 0 Å². The molecule has 0 aliphatic rings. The average molecular weight is 222 g/mol. The molecule has 92 valence electrons. The van der Waals surface area contributed by atoms with Crippen LogP contribution in [0.15, 0.2) is 0 Å². The third-order valence-electron chi connectivity index (χ3n) is 1.69. The summed E-state index contributed by atoms with van der Waals surface area (Å²) in [6.45, 7) is 5.03. The smallest absolute Gasteiger partial charge is 0.154 e. The summed E-state index contributed by atoms with van der Waals surface area (Å²) in [6.07, 6.45) is -0.0771. The fourth-order valence-electron chi connectivity index (χ4n) is 0.825. The molecule has 0 bridgehead atoms. The minimum Gasteiger partial charge on any atom is -0.382 e. The zero-order chi connectivity index (χ0) is 11.4. The Bertz CT molecular complexity index is 120. The maximum absolute atomic E-state index is 9.04. The molecule has 0 saturated heterocycles. The first-order chi connectivity index (χ1) is 7.31. The average Bonchev–Trinajstić information content (AvgIpc) is 2.26. The molecule has 1 N–H and O–H groups in total. The Morgan fingerprint density at radius 1 is 0.933 bits per heavy atom. The summed E-state index contributed by atoms with van der Waals surface area (Å²) in [4.78, 5) is 0. The van der Waals surface area contributed by atoms with Crippen LogP contribution in [0, 0.1) is 0 Å².